The fraction of sp³-hybridized carbons (Fsp3) is 0.167. The lowest BCUT2D eigenvalue weighted by Crippen LogP contribution is -2.17. The molecular weight excluding hydrogens is 582 g/mol. The van der Waals surface area contributed by atoms with Gasteiger partial charge < -0.3 is 31.2 Å². The minimum Gasteiger partial charge on any atom is -0.457 e. The maximum absolute atomic E-state index is 13.5. The van der Waals surface area contributed by atoms with E-state index < -0.39 is 53.5 Å². The molecule has 0 aromatic heterocycles. The number of carbonyl (C=O) groups excluding carboxylic acids is 1. The maximum Gasteiger partial charge on any atom is 0.420 e. The molecular formula is C30H24F6N2O5. The number of ether oxygens (including phenoxy) is 2. The van der Waals surface area contributed by atoms with Gasteiger partial charge in [0.15, 0.2) is 5.78 Å². The Hall–Kier alpha value is -4.75. The summed E-state index contributed by atoms with van der Waals surface area (Å²) in [6, 6.07) is 15.0. The predicted octanol–water partition coefficient (Wildman–Crippen LogP) is 6.60. The van der Waals surface area contributed by atoms with Gasteiger partial charge in [0.1, 0.15) is 34.1 Å². The second-order valence-corrected chi connectivity index (χ2v) is 9.42. The monoisotopic (exact) mass is 606 g/mol. The molecule has 7 nitrogen and oxygen atoms in total. The Morgan fingerprint density at radius 3 is 1.70 bits per heavy atom. The van der Waals surface area contributed by atoms with Crippen molar-refractivity contribution in [3.05, 3.63) is 107 Å². The van der Waals surface area contributed by atoms with Crippen molar-refractivity contribution in [2.45, 2.75) is 24.9 Å². The van der Waals surface area contributed by atoms with E-state index in [2.05, 4.69) is 0 Å². The van der Waals surface area contributed by atoms with Crippen molar-refractivity contribution in [1.29, 1.82) is 0 Å². The molecule has 43 heavy (non-hydrogen) atoms. The van der Waals surface area contributed by atoms with Crippen LogP contribution in [0, 0.1) is 0 Å². The summed E-state index contributed by atoms with van der Waals surface area (Å²) >= 11 is 0. The molecule has 226 valence electrons. The van der Waals surface area contributed by atoms with E-state index in [1.54, 1.807) is 0 Å². The van der Waals surface area contributed by atoms with Crippen molar-refractivity contribution in [3.63, 3.8) is 0 Å². The van der Waals surface area contributed by atoms with Crippen LogP contribution in [0.4, 0.5) is 37.7 Å². The second-order valence-electron chi connectivity index (χ2n) is 9.42. The molecule has 1 atom stereocenters. The summed E-state index contributed by atoms with van der Waals surface area (Å²) in [6.07, 6.45) is -11.0. The number of ketones is 1. The van der Waals surface area contributed by atoms with Gasteiger partial charge in [-0.3, -0.25) is 4.79 Å². The van der Waals surface area contributed by atoms with Gasteiger partial charge in [-0.1, -0.05) is 0 Å². The normalized spacial score (nSPS) is 12.6. The summed E-state index contributed by atoms with van der Waals surface area (Å²) in [5.41, 5.74) is 8.83. The van der Waals surface area contributed by atoms with Gasteiger partial charge in [-0.05, 0) is 84.4 Å². The molecule has 0 aliphatic carbocycles. The van der Waals surface area contributed by atoms with E-state index in [-0.39, 0.29) is 46.0 Å². The summed E-state index contributed by atoms with van der Waals surface area (Å²) in [4.78, 5) is 13.4. The zero-order chi connectivity index (χ0) is 31.5. The Bertz CT molecular complexity index is 1620. The van der Waals surface area contributed by atoms with Gasteiger partial charge in [-0.15, -0.1) is 0 Å². The van der Waals surface area contributed by atoms with Crippen LogP contribution < -0.4 is 20.9 Å². The summed E-state index contributed by atoms with van der Waals surface area (Å²) in [6.45, 7) is -0.661. The topological polar surface area (TPSA) is 128 Å². The highest BCUT2D eigenvalue weighted by Gasteiger charge is 2.36. The first-order valence-corrected chi connectivity index (χ1v) is 12.5. The van der Waals surface area contributed by atoms with Crippen LogP contribution >= 0.6 is 0 Å². The lowest BCUT2D eigenvalue weighted by atomic mass is 9.94. The highest BCUT2D eigenvalue weighted by Crippen LogP contribution is 2.41. The maximum atomic E-state index is 13.5. The Morgan fingerprint density at radius 1 is 0.721 bits per heavy atom. The molecule has 0 heterocycles. The van der Waals surface area contributed by atoms with Crippen LogP contribution in [-0.4, -0.2) is 28.7 Å². The molecule has 0 saturated heterocycles. The van der Waals surface area contributed by atoms with Crippen LogP contribution in [0.25, 0.3) is 0 Å². The minimum atomic E-state index is -4.77. The molecule has 4 aromatic carbocycles. The van der Waals surface area contributed by atoms with Gasteiger partial charge in [0.05, 0.1) is 12.7 Å². The number of aliphatic hydroxyl groups is 2. The fourth-order valence-corrected chi connectivity index (χ4v) is 4.14. The van der Waals surface area contributed by atoms with Gasteiger partial charge in [0.25, 0.3) is 0 Å². The number of hydrogen-bond donors (Lipinski definition) is 4. The standard InChI is InChI=1S/C30H24F6N2O5/c31-29(32,33)24-13-18(37)3-9-26(24)42-21-5-1-16(2-6-21)28(41)23-8-7-22(12-17(23)11-20(40)15-39)43-27-10-4-19(38)14-25(27)30(34,35)36/h1-10,12-14,20,39-40H,11,15,37-38H2. The molecule has 4 aromatic rings. The second kappa shape index (κ2) is 12.2. The first kappa shape index (κ1) is 31.2. The number of carbonyl (C=O) groups is 1. The first-order valence-electron chi connectivity index (χ1n) is 12.5. The third-order valence-electron chi connectivity index (χ3n) is 6.18. The van der Waals surface area contributed by atoms with E-state index >= 15 is 0 Å². The number of benzene rings is 4. The van der Waals surface area contributed by atoms with E-state index in [0.717, 1.165) is 18.2 Å². The molecule has 0 aliphatic rings. The number of rotatable bonds is 9. The van der Waals surface area contributed by atoms with Crippen LogP contribution in [0.5, 0.6) is 23.0 Å². The summed E-state index contributed by atoms with van der Waals surface area (Å²) in [5, 5.41) is 19.4. The molecule has 0 radical (unpaired) electrons. The van der Waals surface area contributed by atoms with Crippen molar-refractivity contribution in [2.75, 3.05) is 18.1 Å². The molecule has 0 fully saturated rings. The van der Waals surface area contributed by atoms with E-state index in [1.807, 2.05) is 0 Å². The van der Waals surface area contributed by atoms with Gasteiger partial charge in [0, 0.05) is 28.9 Å². The van der Waals surface area contributed by atoms with Gasteiger partial charge in [-0.2, -0.15) is 26.3 Å². The molecule has 6 N–H and O–H groups in total. The number of alkyl halides is 6. The Labute approximate surface area is 240 Å². The smallest absolute Gasteiger partial charge is 0.420 e. The summed E-state index contributed by atoms with van der Waals surface area (Å²) in [5.74, 6) is -1.70. The SMILES string of the molecule is Nc1ccc(Oc2ccc(C(=O)c3ccc(Oc4ccc(N)cc4C(F)(F)F)cc3CC(O)CO)cc2)c(C(F)(F)F)c1. The number of nitrogens with two attached hydrogens (primary N) is 2. The summed E-state index contributed by atoms with van der Waals surface area (Å²) < 4.78 is 91.6. The zero-order valence-corrected chi connectivity index (χ0v) is 22.0. The van der Waals surface area contributed by atoms with E-state index in [0.29, 0.717) is 6.07 Å². The van der Waals surface area contributed by atoms with Gasteiger partial charge in [0.2, 0.25) is 0 Å². The highest BCUT2D eigenvalue weighted by molar-refractivity contribution is 6.10. The lowest BCUT2D eigenvalue weighted by Gasteiger charge is -2.17. The van der Waals surface area contributed by atoms with Crippen molar-refractivity contribution in [2.24, 2.45) is 0 Å². The van der Waals surface area contributed by atoms with Gasteiger partial charge in [-0.25, -0.2) is 0 Å². The largest absolute Gasteiger partial charge is 0.457 e. The summed E-state index contributed by atoms with van der Waals surface area (Å²) in [7, 11) is 0. The van der Waals surface area contributed by atoms with Crippen LogP contribution in [0.1, 0.15) is 32.6 Å². The van der Waals surface area contributed by atoms with Crippen molar-refractivity contribution in [1.82, 2.24) is 0 Å². The average molecular weight is 607 g/mol. The van der Waals surface area contributed by atoms with Crippen molar-refractivity contribution < 1.29 is 50.8 Å². The molecule has 0 saturated carbocycles. The molecule has 0 bridgehead atoms. The van der Waals surface area contributed by atoms with E-state index in [4.69, 9.17) is 20.9 Å². The number of hydrogen-bond acceptors (Lipinski definition) is 7. The molecule has 1 unspecified atom stereocenters. The molecule has 0 aliphatic heterocycles. The third kappa shape index (κ3) is 7.56. The number of halogens is 6. The minimum absolute atomic E-state index is 0.00420. The molecule has 4 rings (SSSR count). The molecule has 0 spiro atoms. The fourth-order valence-electron chi connectivity index (χ4n) is 4.14. The third-order valence-corrected chi connectivity index (χ3v) is 6.18. The first-order chi connectivity index (χ1) is 20.2. The van der Waals surface area contributed by atoms with Crippen LogP contribution in [0.3, 0.4) is 0 Å². The van der Waals surface area contributed by atoms with Crippen LogP contribution in [0.2, 0.25) is 0 Å². The number of anilines is 2. The predicted molar refractivity (Wildman–Crippen MR) is 145 cm³/mol. The van der Waals surface area contributed by atoms with E-state index in [1.165, 1.54) is 54.6 Å². The van der Waals surface area contributed by atoms with Gasteiger partial charge >= 0.3 is 12.4 Å². The number of nitrogen functional groups attached to an aromatic ring is 2. The highest BCUT2D eigenvalue weighted by atomic mass is 19.4. The zero-order valence-electron chi connectivity index (χ0n) is 22.0. The van der Waals surface area contributed by atoms with Crippen LogP contribution in [0.15, 0.2) is 78.9 Å². The van der Waals surface area contributed by atoms with Crippen molar-refractivity contribution in [3.8, 4) is 23.0 Å². The Balaban J connectivity index is 1.62. The molecule has 13 heteroatoms. The lowest BCUT2D eigenvalue weighted by molar-refractivity contribution is -0.139. The van der Waals surface area contributed by atoms with Crippen molar-refractivity contribution >= 4 is 17.2 Å². The average Bonchev–Trinajstić information content (AvgIpc) is 2.94. The Kier molecular flexibility index (Phi) is 8.88. The van der Waals surface area contributed by atoms with E-state index in [9.17, 15) is 41.4 Å². The number of aliphatic hydroxyl groups excluding tert-OH is 2. The quantitative estimate of drug-likeness (QED) is 0.0960. The Morgan fingerprint density at radius 2 is 1.21 bits per heavy atom. The van der Waals surface area contributed by atoms with Crippen LogP contribution in [-0.2, 0) is 18.8 Å². The molecule has 0 amide bonds.